The van der Waals surface area contributed by atoms with Crippen LogP contribution in [0.4, 0.5) is 10.8 Å². The highest BCUT2D eigenvalue weighted by Gasteiger charge is 2.26. The number of nitrogens with zero attached hydrogens (tertiary/aromatic N) is 3. The molecule has 1 aliphatic heterocycles. The predicted molar refractivity (Wildman–Crippen MR) is 108 cm³/mol. The van der Waals surface area contributed by atoms with Crippen LogP contribution in [-0.4, -0.2) is 31.1 Å². The molecule has 1 N–H and O–H groups in total. The van der Waals surface area contributed by atoms with Crippen LogP contribution in [0.2, 0.25) is 0 Å². The number of aromatic nitrogens is 2. The van der Waals surface area contributed by atoms with Crippen molar-refractivity contribution in [3.05, 3.63) is 64.7 Å². The Hall–Kier alpha value is -2.78. The quantitative estimate of drug-likeness (QED) is 0.708. The Morgan fingerprint density at radius 2 is 1.93 bits per heavy atom. The summed E-state index contributed by atoms with van der Waals surface area (Å²) in [5, 5.41) is 8.54. The van der Waals surface area contributed by atoms with Gasteiger partial charge < -0.3 is 4.90 Å². The fraction of sp³-hybridized carbons (Fsp3) is 0.211. The summed E-state index contributed by atoms with van der Waals surface area (Å²) < 4.78 is 27.8. The number of benzene rings is 2. The topological polar surface area (TPSA) is 92.3 Å². The lowest BCUT2D eigenvalue weighted by Gasteiger charge is -2.30. The Kier molecular flexibility index (Phi) is 4.86. The number of sulfonamides is 1. The van der Waals surface area contributed by atoms with Crippen molar-refractivity contribution >= 4 is 38.1 Å². The molecule has 0 saturated heterocycles. The van der Waals surface area contributed by atoms with Gasteiger partial charge in [-0.1, -0.05) is 29.5 Å². The minimum atomic E-state index is -3.77. The summed E-state index contributed by atoms with van der Waals surface area (Å²) in [6.45, 7) is 2.36. The smallest absolute Gasteiger partial charge is 0.263 e. The van der Waals surface area contributed by atoms with Crippen molar-refractivity contribution in [3.8, 4) is 0 Å². The lowest BCUT2D eigenvalue weighted by atomic mass is 10.0. The van der Waals surface area contributed by atoms with E-state index < -0.39 is 10.0 Å². The first-order valence-corrected chi connectivity index (χ1v) is 11.1. The molecule has 0 radical (unpaired) electrons. The van der Waals surface area contributed by atoms with Gasteiger partial charge in [0.25, 0.3) is 15.9 Å². The van der Waals surface area contributed by atoms with E-state index in [0.717, 1.165) is 24.1 Å². The van der Waals surface area contributed by atoms with E-state index in [1.165, 1.54) is 17.4 Å². The van der Waals surface area contributed by atoms with Crippen LogP contribution < -0.4 is 9.62 Å². The second kappa shape index (κ2) is 7.33. The third kappa shape index (κ3) is 3.63. The first-order valence-electron chi connectivity index (χ1n) is 8.77. The van der Waals surface area contributed by atoms with Crippen molar-refractivity contribution in [2.75, 3.05) is 16.2 Å². The molecule has 4 rings (SSSR count). The third-order valence-electron chi connectivity index (χ3n) is 4.49. The molecular weight excluding hydrogens is 396 g/mol. The summed E-state index contributed by atoms with van der Waals surface area (Å²) in [4.78, 5) is 14.7. The predicted octanol–water partition coefficient (Wildman–Crippen LogP) is 3.24. The van der Waals surface area contributed by atoms with Gasteiger partial charge in [-0.15, -0.1) is 10.2 Å². The molecule has 1 aromatic heterocycles. The van der Waals surface area contributed by atoms with E-state index in [9.17, 15) is 13.2 Å². The maximum absolute atomic E-state index is 12.9. The molecule has 0 spiro atoms. The lowest BCUT2D eigenvalue weighted by Crippen LogP contribution is -2.35. The highest BCUT2D eigenvalue weighted by molar-refractivity contribution is 7.93. The molecule has 3 aromatic rings. The minimum absolute atomic E-state index is 0.0837. The number of carbonyl (C=O) groups is 1. The number of hydrogen-bond acceptors (Lipinski definition) is 6. The Morgan fingerprint density at radius 1 is 1.14 bits per heavy atom. The summed E-state index contributed by atoms with van der Waals surface area (Å²) in [7, 11) is -3.77. The van der Waals surface area contributed by atoms with Gasteiger partial charge in [-0.2, -0.15) is 0 Å². The average Bonchev–Trinajstić information content (AvgIpc) is 3.11. The van der Waals surface area contributed by atoms with Gasteiger partial charge >= 0.3 is 0 Å². The standard InChI is InChI=1S/C19H18N4O3S2/c1-13-20-21-19(27-13)22-28(25,26)16-9-10-17-15(12-16)8-5-11-23(17)18(24)14-6-3-2-4-7-14/h2-4,6-7,9-10,12H,5,8,11H2,1H3,(H,21,22). The van der Waals surface area contributed by atoms with Gasteiger partial charge in [-0.25, -0.2) is 8.42 Å². The van der Waals surface area contributed by atoms with E-state index >= 15 is 0 Å². The van der Waals surface area contributed by atoms with Crippen LogP contribution in [0.3, 0.4) is 0 Å². The molecule has 1 aliphatic rings. The summed E-state index contributed by atoms with van der Waals surface area (Å²) >= 11 is 1.17. The molecular formula is C19H18N4O3S2. The first-order chi connectivity index (χ1) is 13.4. The number of amides is 1. The van der Waals surface area contributed by atoms with Crippen molar-refractivity contribution < 1.29 is 13.2 Å². The number of carbonyl (C=O) groups excluding carboxylic acids is 1. The SMILES string of the molecule is Cc1nnc(NS(=O)(=O)c2ccc3c(c2)CCCN3C(=O)c2ccccc2)s1. The second-order valence-electron chi connectivity index (χ2n) is 6.45. The third-order valence-corrected chi connectivity index (χ3v) is 6.71. The van der Waals surface area contributed by atoms with E-state index in [-0.39, 0.29) is 15.9 Å². The molecule has 2 aromatic carbocycles. The first kappa shape index (κ1) is 18.6. The van der Waals surface area contributed by atoms with Gasteiger partial charge in [0.1, 0.15) is 5.01 Å². The van der Waals surface area contributed by atoms with Crippen molar-refractivity contribution in [1.82, 2.24) is 10.2 Å². The van der Waals surface area contributed by atoms with Crippen molar-refractivity contribution in [2.45, 2.75) is 24.7 Å². The maximum Gasteiger partial charge on any atom is 0.263 e. The van der Waals surface area contributed by atoms with Crippen LogP contribution in [0.1, 0.15) is 27.3 Å². The largest absolute Gasteiger partial charge is 0.308 e. The summed E-state index contributed by atoms with van der Waals surface area (Å²) in [6.07, 6.45) is 1.49. The summed E-state index contributed by atoms with van der Waals surface area (Å²) in [5.41, 5.74) is 2.21. The van der Waals surface area contributed by atoms with Crippen LogP contribution in [0.15, 0.2) is 53.4 Å². The molecule has 28 heavy (non-hydrogen) atoms. The normalized spacial score (nSPS) is 13.8. The maximum atomic E-state index is 12.9. The Bertz CT molecular complexity index is 1130. The number of hydrogen-bond donors (Lipinski definition) is 1. The number of rotatable bonds is 4. The van der Waals surface area contributed by atoms with E-state index in [2.05, 4.69) is 14.9 Å². The van der Waals surface area contributed by atoms with Crippen LogP contribution in [-0.2, 0) is 16.4 Å². The molecule has 0 fully saturated rings. The van der Waals surface area contributed by atoms with E-state index in [1.807, 2.05) is 18.2 Å². The molecule has 7 nitrogen and oxygen atoms in total. The molecule has 144 valence electrons. The van der Waals surface area contributed by atoms with E-state index in [1.54, 1.807) is 36.1 Å². The van der Waals surface area contributed by atoms with E-state index in [4.69, 9.17) is 0 Å². The van der Waals surface area contributed by atoms with Gasteiger partial charge in [-0.05, 0) is 55.7 Å². The highest BCUT2D eigenvalue weighted by Crippen LogP contribution is 2.31. The van der Waals surface area contributed by atoms with Crippen molar-refractivity contribution in [1.29, 1.82) is 0 Å². The molecule has 0 saturated carbocycles. The Balaban J connectivity index is 1.64. The summed E-state index contributed by atoms with van der Waals surface area (Å²) in [6, 6.07) is 13.9. The van der Waals surface area contributed by atoms with Crippen LogP contribution in [0.5, 0.6) is 0 Å². The molecule has 0 aliphatic carbocycles. The van der Waals surface area contributed by atoms with Gasteiger partial charge in [-0.3, -0.25) is 9.52 Å². The number of nitrogens with one attached hydrogen (secondary N) is 1. The van der Waals surface area contributed by atoms with Gasteiger partial charge in [0, 0.05) is 17.8 Å². The Labute approximate surface area is 167 Å². The second-order valence-corrected chi connectivity index (χ2v) is 9.31. The highest BCUT2D eigenvalue weighted by atomic mass is 32.2. The Morgan fingerprint density at radius 3 is 2.64 bits per heavy atom. The fourth-order valence-corrected chi connectivity index (χ4v) is 5.07. The fourth-order valence-electron chi connectivity index (χ4n) is 3.20. The zero-order chi connectivity index (χ0) is 19.7. The van der Waals surface area contributed by atoms with Crippen molar-refractivity contribution in [2.24, 2.45) is 0 Å². The van der Waals surface area contributed by atoms with Gasteiger partial charge in [0.2, 0.25) is 5.13 Å². The molecule has 0 atom stereocenters. The number of fused-ring (bicyclic) bond motifs is 1. The van der Waals surface area contributed by atoms with Gasteiger partial charge in [0.05, 0.1) is 4.90 Å². The molecule has 0 bridgehead atoms. The zero-order valence-electron chi connectivity index (χ0n) is 15.1. The summed E-state index contributed by atoms with van der Waals surface area (Å²) in [5.74, 6) is -0.0837. The average molecular weight is 415 g/mol. The molecule has 9 heteroatoms. The molecule has 0 unspecified atom stereocenters. The van der Waals surface area contributed by atoms with Crippen LogP contribution in [0, 0.1) is 6.92 Å². The van der Waals surface area contributed by atoms with E-state index in [0.29, 0.717) is 17.1 Å². The molecule has 2 heterocycles. The van der Waals surface area contributed by atoms with Crippen LogP contribution in [0.25, 0.3) is 0 Å². The lowest BCUT2D eigenvalue weighted by molar-refractivity contribution is 0.0985. The van der Waals surface area contributed by atoms with Gasteiger partial charge in [0.15, 0.2) is 0 Å². The zero-order valence-corrected chi connectivity index (χ0v) is 16.8. The van der Waals surface area contributed by atoms with Crippen molar-refractivity contribution in [3.63, 3.8) is 0 Å². The monoisotopic (exact) mass is 414 g/mol. The number of anilines is 2. The van der Waals surface area contributed by atoms with Crippen LogP contribution >= 0.6 is 11.3 Å². The minimum Gasteiger partial charge on any atom is -0.308 e. The number of aryl methyl sites for hydroxylation is 2. The molecule has 1 amide bonds.